The fourth-order valence-electron chi connectivity index (χ4n) is 1.35. The Morgan fingerprint density at radius 3 is 2.72 bits per heavy atom. The van der Waals surface area contributed by atoms with Crippen molar-refractivity contribution in [2.75, 3.05) is 5.32 Å². The predicted octanol–water partition coefficient (Wildman–Crippen LogP) is 3.58. The van der Waals surface area contributed by atoms with Crippen LogP contribution in [-0.4, -0.2) is 15.3 Å². The van der Waals surface area contributed by atoms with Gasteiger partial charge in [0.2, 0.25) is 5.13 Å². The molecule has 0 aliphatic rings. The van der Waals surface area contributed by atoms with Gasteiger partial charge in [-0.15, -0.1) is 22.7 Å². The summed E-state index contributed by atoms with van der Waals surface area (Å²) in [6, 6.07) is 7.53. The number of anilines is 1. The van der Waals surface area contributed by atoms with Crippen LogP contribution in [0.2, 0.25) is 0 Å². The third kappa shape index (κ3) is 2.33. The Morgan fingerprint density at radius 2 is 2.00 bits per heavy atom. The number of carbonyl (C=O) groups is 1. The van der Waals surface area contributed by atoms with Crippen molar-refractivity contribution < 1.29 is 4.79 Å². The third-order valence-electron chi connectivity index (χ3n) is 2.13. The highest BCUT2D eigenvalue weighted by atomic mass is 32.1. The summed E-state index contributed by atoms with van der Waals surface area (Å²) < 4.78 is 4.22. The average molecular weight is 293 g/mol. The Bertz CT molecular complexity index is 643. The van der Waals surface area contributed by atoms with Crippen LogP contribution in [0.1, 0.15) is 9.67 Å². The molecular formula is C11H7N3OS3. The molecule has 7 heteroatoms. The van der Waals surface area contributed by atoms with E-state index < -0.39 is 0 Å². The maximum Gasteiger partial charge on any atom is 0.267 e. The van der Waals surface area contributed by atoms with E-state index in [9.17, 15) is 4.79 Å². The molecule has 1 N–H and O–H groups in total. The minimum absolute atomic E-state index is 0.140. The summed E-state index contributed by atoms with van der Waals surface area (Å²) in [7, 11) is 0. The van der Waals surface area contributed by atoms with Gasteiger partial charge >= 0.3 is 0 Å². The van der Waals surface area contributed by atoms with E-state index in [1.165, 1.54) is 22.9 Å². The molecule has 18 heavy (non-hydrogen) atoms. The molecule has 3 rings (SSSR count). The minimum atomic E-state index is -0.140. The Hall–Kier alpha value is -1.57. The van der Waals surface area contributed by atoms with Gasteiger partial charge in [-0.2, -0.15) is 9.36 Å². The highest BCUT2D eigenvalue weighted by Crippen LogP contribution is 2.25. The zero-order chi connectivity index (χ0) is 12.4. The molecule has 1 amide bonds. The quantitative estimate of drug-likeness (QED) is 0.803. The molecule has 0 bridgehead atoms. The van der Waals surface area contributed by atoms with Crippen LogP contribution in [0.4, 0.5) is 5.13 Å². The highest BCUT2D eigenvalue weighted by molar-refractivity contribution is 7.14. The second kappa shape index (κ2) is 4.97. The number of amides is 1. The van der Waals surface area contributed by atoms with Crippen molar-refractivity contribution in [3.8, 4) is 10.7 Å². The van der Waals surface area contributed by atoms with E-state index in [2.05, 4.69) is 14.7 Å². The smallest absolute Gasteiger partial charge is 0.267 e. The van der Waals surface area contributed by atoms with Gasteiger partial charge in [0, 0.05) is 11.5 Å². The SMILES string of the molecule is O=C(Nc1nc(-c2cccs2)ns1)c1cccs1. The molecule has 0 radical (unpaired) electrons. The number of rotatable bonds is 3. The summed E-state index contributed by atoms with van der Waals surface area (Å²) in [4.78, 5) is 17.8. The van der Waals surface area contributed by atoms with Gasteiger partial charge in [0.15, 0.2) is 5.82 Å². The normalized spacial score (nSPS) is 10.4. The lowest BCUT2D eigenvalue weighted by molar-refractivity contribution is 0.103. The van der Waals surface area contributed by atoms with Gasteiger partial charge in [0.05, 0.1) is 9.75 Å². The summed E-state index contributed by atoms with van der Waals surface area (Å²) in [6.45, 7) is 0. The van der Waals surface area contributed by atoms with E-state index in [4.69, 9.17) is 0 Å². The molecule has 3 aromatic rings. The molecule has 0 aliphatic heterocycles. The first kappa shape index (κ1) is 11.5. The van der Waals surface area contributed by atoms with Crippen molar-refractivity contribution in [3.05, 3.63) is 39.9 Å². The molecule has 4 nitrogen and oxygen atoms in total. The van der Waals surface area contributed by atoms with Gasteiger partial charge in [0.1, 0.15) is 0 Å². The van der Waals surface area contributed by atoms with Crippen molar-refractivity contribution in [1.82, 2.24) is 9.36 Å². The summed E-state index contributed by atoms with van der Waals surface area (Å²) in [5.74, 6) is 0.523. The Labute approximate surface area is 115 Å². The molecule has 0 unspecified atom stereocenters. The van der Waals surface area contributed by atoms with Crippen molar-refractivity contribution in [2.45, 2.75) is 0 Å². The number of aromatic nitrogens is 2. The van der Waals surface area contributed by atoms with Gasteiger partial charge < -0.3 is 0 Å². The monoisotopic (exact) mass is 293 g/mol. The van der Waals surface area contributed by atoms with Crippen LogP contribution in [0.15, 0.2) is 35.0 Å². The molecule has 0 saturated carbocycles. The first-order chi connectivity index (χ1) is 8.83. The lowest BCUT2D eigenvalue weighted by Gasteiger charge is -1.96. The predicted molar refractivity (Wildman–Crippen MR) is 75.5 cm³/mol. The lowest BCUT2D eigenvalue weighted by atomic mass is 10.4. The average Bonchev–Trinajstić information content (AvgIpc) is 3.12. The first-order valence-electron chi connectivity index (χ1n) is 5.05. The standard InChI is InChI=1S/C11H7N3OS3/c15-10(8-4-2-6-17-8)13-11-12-9(14-18-11)7-3-1-5-16-7/h1-6H,(H,12,13,14,15). The number of carbonyl (C=O) groups excluding carboxylic acids is 1. The molecule has 90 valence electrons. The maximum absolute atomic E-state index is 11.8. The summed E-state index contributed by atoms with van der Waals surface area (Å²) in [6.07, 6.45) is 0. The van der Waals surface area contributed by atoms with Crippen LogP contribution in [0.25, 0.3) is 10.7 Å². The maximum atomic E-state index is 11.8. The van der Waals surface area contributed by atoms with Gasteiger partial charge in [-0.3, -0.25) is 10.1 Å². The van der Waals surface area contributed by atoms with Crippen molar-refractivity contribution >= 4 is 45.2 Å². The number of hydrogen-bond acceptors (Lipinski definition) is 6. The molecule has 3 aromatic heterocycles. The van der Waals surface area contributed by atoms with Crippen molar-refractivity contribution in [2.24, 2.45) is 0 Å². The highest BCUT2D eigenvalue weighted by Gasteiger charge is 2.11. The fraction of sp³-hybridized carbons (Fsp3) is 0. The van der Waals surface area contributed by atoms with Crippen LogP contribution in [-0.2, 0) is 0 Å². The summed E-state index contributed by atoms with van der Waals surface area (Å²) >= 11 is 4.17. The van der Waals surface area contributed by atoms with Crippen molar-refractivity contribution in [3.63, 3.8) is 0 Å². The molecular weight excluding hydrogens is 286 g/mol. The van der Waals surface area contributed by atoms with E-state index in [0.717, 1.165) is 4.88 Å². The molecule has 3 heterocycles. The fourth-order valence-corrected chi connectivity index (χ4v) is 3.26. The molecule has 0 saturated heterocycles. The van der Waals surface area contributed by atoms with Gasteiger partial charge in [0.25, 0.3) is 5.91 Å². The van der Waals surface area contributed by atoms with Gasteiger partial charge in [-0.05, 0) is 22.9 Å². The van der Waals surface area contributed by atoms with Gasteiger partial charge in [-0.25, -0.2) is 0 Å². The molecule has 0 fully saturated rings. The number of nitrogens with one attached hydrogen (secondary N) is 1. The molecule has 0 aliphatic carbocycles. The molecule has 0 atom stereocenters. The number of hydrogen-bond donors (Lipinski definition) is 1. The molecule has 0 spiro atoms. The number of thiophene rings is 2. The Kier molecular flexibility index (Phi) is 3.18. The zero-order valence-electron chi connectivity index (χ0n) is 8.99. The summed E-state index contributed by atoms with van der Waals surface area (Å²) in [5.41, 5.74) is 0. The molecule has 0 aromatic carbocycles. The van der Waals surface area contributed by atoms with E-state index in [1.54, 1.807) is 17.4 Å². The number of nitrogens with zero attached hydrogens (tertiary/aromatic N) is 2. The second-order valence-corrected chi connectivity index (χ2v) is 5.98. The minimum Gasteiger partial charge on any atom is -0.296 e. The lowest BCUT2D eigenvalue weighted by Crippen LogP contribution is -2.09. The van der Waals surface area contributed by atoms with Crippen molar-refractivity contribution in [1.29, 1.82) is 0 Å². The first-order valence-corrected chi connectivity index (χ1v) is 7.58. The largest absolute Gasteiger partial charge is 0.296 e. The zero-order valence-corrected chi connectivity index (χ0v) is 11.4. The van der Waals surface area contributed by atoms with Crippen LogP contribution in [0.5, 0.6) is 0 Å². The van der Waals surface area contributed by atoms with Crippen LogP contribution in [0.3, 0.4) is 0 Å². The Morgan fingerprint density at radius 1 is 1.17 bits per heavy atom. The summed E-state index contributed by atoms with van der Waals surface area (Å²) in [5, 5.41) is 7.11. The van der Waals surface area contributed by atoms with E-state index in [1.807, 2.05) is 29.0 Å². The third-order valence-corrected chi connectivity index (χ3v) is 4.50. The van der Waals surface area contributed by atoms with E-state index >= 15 is 0 Å². The van der Waals surface area contributed by atoms with Crippen LogP contribution >= 0.6 is 34.2 Å². The Balaban J connectivity index is 1.76. The van der Waals surface area contributed by atoms with Crippen LogP contribution < -0.4 is 5.32 Å². The van der Waals surface area contributed by atoms with Crippen LogP contribution in [0, 0.1) is 0 Å². The van der Waals surface area contributed by atoms with E-state index in [0.29, 0.717) is 15.8 Å². The van der Waals surface area contributed by atoms with E-state index in [-0.39, 0.29) is 5.91 Å². The second-order valence-electron chi connectivity index (χ2n) is 3.33. The topological polar surface area (TPSA) is 54.9 Å². The van der Waals surface area contributed by atoms with Gasteiger partial charge in [-0.1, -0.05) is 12.1 Å².